The standard InChI is InChI=1S/C16H19N3O5/c1-10-9-14(19-24-10)16(22)18-8-7-17-15(21)11(2)23-13-5-3-12(20)4-6-13/h3-6,9,11,20H,7-8H2,1-2H3,(H,17,21)(H,18,22). The number of phenolic OH excluding ortho intramolecular Hbond substituents is 1. The number of phenols is 1. The van der Waals surface area contributed by atoms with Crippen LogP contribution in [0, 0.1) is 6.92 Å². The molecule has 0 saturated carbocycles. The van der Waals surface area contributed by atoms with Crippen molar-refractivity contribution in [1.82, 2.24) is 15.8 Å². The van der Waals surface area contributed by atoms with E-state index in [2.05, 4.69) is 15.8 Å². The fourth-order valence-corrected chi connectivity index (χ4v) is 1.85. The van der Waals surface area contributed by atoms with Crippen LogP contribution in [0.1, 0.15) is 23.2 Å². The Morgan fingerprint density at radius 3 is 2.54 bits per heavy atom. The van der Waals surface area contributed by atoms with Gasteiger partial charge in [0.25, 0.3) is 11.8 Å². The quantitative estimate of drug-likeness (QED) is 0.652. The SMILES string of the molecule is Cc1cc(C(=O)NCCNC(=O)C(C)Oc2ccc(O)cc2)no1. The van der Waals surface area contributed by atoms with Gasteiger partial charge in [-0.15, -0.1) is 0 Å². The molecule has 1 aromatic heterocycles. The number of hydrogen-bond acceptors (Lipinski definition) is 6. The smallest absolute Gasteiger partial charge is 0.273 e. The van der Waals surface area contributed by atoms with Crippen LogP contribution in [0.4, 0.5) is 0 Å². The Labute approximate surface area is 138 Å². The maximum Gasteiger partial charge on any atom is 0.273 e. The summed E-state index contributed by atoms with van der Waals surface area (Å²) in [7, 11) is 0. The fraction of sp³-hybridized carbons (Fsp3) is 0.312. The lowest BCUT2D eigenvalue weighted by Crippen LogP contribution is -2.40. The van der Waals surface area contributed by atoms with Crippen LogP contribution in [0.5, 0.6) is 11.5 Å². The molecule has 3 N–H and O–H groups in total. The summed E-state index contributed by atoms with van der Waals surface area (Å²) >= 11 is 0. The summed E-state index contributed by atoms with van der Waals surface area (Å²) < 4.78 is 10.3. The number of carbonyl (C=O) groups excluding carboxylic acids is 2. The molecular formula is C16H19N3O5. The van der Waals surface area contributed by atoms with Gasteiger partial charge >= 0.3 is 0 Å². The van der Waals surface area contributed by atoms with Crippen LogP contribution in [0.15, 0.2) is 34.9 Å². The van der Waals surface area contributed by atoms with Crippen LogP contribution >= 0.6 is 0 Å². The summed E-state index contributed by atoms with van der Waals surface area (Å²) in [5, 5.41) is 18.1. The number of amides is 2. The van der Waals surface area contributed by atoms with Crippen LogP contribution in [-0.4, -0.2) is 41.3 Å². The molecule has 0 aliphatic rings. The third-order valence-corrected chi connectivity index (χ3v) is 3.09. The van der Waals surface area contributed by atoms with Gasteiger partial charge in [0.15, 0.2) is 11.8 Å². The van der Waals surface area contributed by atoms with Gasteiger partial charge in [-0.2, -0.15) is 0 Å². The van der Waals surface area contributed by atoms with Crippen molar-refractivity contribution in [2.24, 2.45) is 0 Å². The van der Waals surface area contributed by atoms with Crippen molar-refractivity contribution in [3.05, 3.63) is 41.8 Å². The topological polar surface area (TPSA) is 114 Å². The Kier molecular flexibility index (Phi) is 5.78. The van der Waals surface area contributed by atoms with E-state index in [1.54, 1.807) is 26.0 Å². The molecule has 2 amide bonds. The second-order valence-electron chi connectivity index (χ2n) is 5.12. The van der Waals surface area contributed by atoms with Gasteiger partial charge in [0, 0.05) is 19.2 Å². The van der Waals surface area contributed by atoms with Crippen LogP contribution in [0.25, 0.3) is 0 Å². The number of aromatic nitrogens is 1. The minimum Gasteiger partial charge on any atom is -0.508 e. The van der Waals surface area contributed by atoms with Gasteiger partial charge in [-0.3, -0.25) is 9.59 Å². The van der Waals surface area contributed by atoms with Crippen molar-refractivity contribution in [2.75, 3.05) is 13.1 Å². The highest BCUT2D eigenvalue weighted by Crippen LogP contribution is 2.17. The van der Waals surface area contributed by atoms with Gasteiger partial charge in [-0.05, 0) is 38.1 Å². The summed E-state index contributed by atoms with van der Waals surface area (Å²) in [5.74, 6) is 0.473. The van der Waals surface area contributed by atoms with E-state index in [0.717, 1.165) is 0 Å². The van der Waals surface area contributed by atoms with E-state index in [4.69, 9.17) is 9.26 Å². The predicted octanol–water partition coefficient (Wildman–Crippen LogP) is 1.00. The van der Waals surface area contributed by atoms with E-state index in [1.165, 1.54) is 18.2 Å². The van der Waals surface area contributed by atoms with Crippen molar-refractivity contribution in [1.29, 1.82) is 0 Å². The van der Waals surface area contributed by atoms with Gasteiger partial charge in [0.05, 0.1) is 0 Å². The Hall–Kier alpha value is -3.03. The highest BCUT2D eigenvalue weighted by Gasteiger charge is 2.14. The molecule has 1 unspecified atom stereocenters. The van der Waals surface area contributed by atoms with E-state index in [0.29, 0.717) is 11.5 Å². The molecule has 0 bridgehead atoms. The van der Waals surface area contributed by atoms with Crippen LogP contribution in [0.3, 0.4) is 0 Å². The highest BCUT2D eigenvalue weighted by molar-refractivity contribution is 5.92. The number of aromatic hydroxyl groups is 1. The Morgan fingerprint density at radius 1 is 1.25 bits per heavy atom. The average Bonchev–Trinajstić information content (AvgIpc) is 3.00. The molecule has 0 saturated heterocycles. The largest absolute Gasteiger partial charge is 0.508 e. The summed E-state index contributed by atoms with van der Waals surface area (Å²) in [4.78, 5) is 23.6. The van der Waals surface area contributed by atoms with Crippen molar-refractivity contribution in [2.45, 2.75) is 20.0 Å². The minimum atomic E-state index is -0.705. The lowest BCUT2D eigenvalue weighted by atomic mass is 10.3. The molecule has 1 aromatic carbocycles. The molecule has 0 aliphatic carbocycles. The summed E-state index contributed by atoms with van der Waals surface area (Å²) in [6, 6.07) is 7.61. The first-order valence-electron chi connectivity index (χ1n) is 7.40. The molecule has 8 heteroatoms. The number of nitrogens with one attached hydrogen (secondary N) is 2. The molecule has 0 aliphatic heterocycles. The summed E-state index contributed by atoms with van der Waals surface area (Å²) in [5.41, 5.74) is 0.197. The zero-order chi connectivity index (χ0) is 17.5. The van der Waals surface area contributed by atoms with Crippen molar-refractivity contribution < 1.29 is 24.0 Å². The Morgan fingerprint density at radius 2 is 1.92 bits per heavy atom. The third-order valence-electron chi connectivity index (χ3n) is 3.09. The Bertz CT molecular complexity index is 696. The van der Waals surface area contributed by atoms with E-state index < -0.39 is 6.10 Å². The van der Waals surface area contributed by atoms with E-state index in [9.17, 15) is 14.7 Å². The number of carbonyl (C=O) groups is 2. The maximum absolute atomic E-state index is 11.9. The van der Waals surface area contributed by atoms with Crippen LogP contribution in [-0.2, 0) is 4.79 Å². The van der Waals surface area contributed by atoms with E-state index >= 15 is 0 Å². The molecule has 1 heterocycles. The van der Waals surface area contributed by atoms with Gasteiger partial charge in [-0.25, -0.2) is 0 Å². The fourth-order valence-electron chi connectivity index (χ4n) is 1.85. The Balaban J connectivity index is 1.68. The maximum atomic E-state index is 11.9. The lowest BCUT2D eigenvalue weighted by molar-refractivity contribution is -0.127. The van der Waals surface area contributed by atoms with E-state index in [1.807, 2.05) is 0 Å². The van der Waals surface area contributed by atoms with Crippen molar-refractivity contribution in [3.63, 3.8) is 0 Å². The van der Waals surface area contributed by atoms with Gasteiger partial charge < -0.3 is 25.0 Å². The first kappa shape index (κ1) is 17.3. The van der Waals surface area contributed by atoms with E-state index in [-0.39, 0.29) is 36.3 Å². The van der Waals surface area contributed by atoms with Crippen molar-refractivity contribution >= 4 is 11.8 Å². The molecule has 128 valence electrons. The molecule has 2 aromatic rings. The molecule has 8 nitrogen and oxygen atoms in total. The molecule has 24 heavy (non-hydrogen) atoms. The number of hydrogen-bond donors (Lipinski definition) is 3. The average molecular weight is 333 g/mol. The van der Waals surface area contributed by atoms with Crippen LogP contribution < -0.4 is 15.4 Å². The number of benzene rings is 1. The third kappa shape index (κ3) is 5.01. The number of nitrogens with zero attached hydrogens (tertiary/aromatic N) is 1. The summed E-state index contributed by atoms with van der Waals surface area (Å²) in [6.45, 7) is 3.81. The molecule has 0 radical (unpaired) electrons. The minimum absolute atomic E-state index is 0.123. The number of ether oxygens (including phenoxy) is 1. The molecule has 2 rings (SSSR count). The monoisotopic (exact) mass is 333 g/mol. The number of rotatable bonds is 7. The lowest BCUT2D eigenvalue weighted by Gasteiger charge is -2.14. The zero-order valence-electron chi connectivity index (χ0n) is 13.4. The van der Waals surface area contributed by atoms with Crippen molar-refractivity contribution in [3.8, 4) is 11.5 Å². The van der Waals surface area contributed by atoms with Gasteiger partial charge in [-0.1, -0.05) is 5.16 Å². The van der Waals surface area contributed by atoms with Gasteiger partial charge in [0.1, 0.15) is 17.3 Å². The molecule has 0 spiro atoms. The predicted molar refractivity (Wildman–Crippen MR) is 84.8 cm³/mol. The zero-order valence-corrected chi connectivity index (χ0v) is 13.4. The summed E-state index contributed by atoms with van der Waals surface area (Å²) in [6.07, 6.45) is -0.705. The number of aryl methyl sites for hydroxylation is 1. The molecular weight excluding hydrogens is 314 g/mol. The molecule has 1 atom stereocenters. The van der Waals surface area contributed by atoms with Crippen LogP contribution in [0.2, 0.25) is 0 Å². The first-order chi connectivity index (χ1) is 11.5. The van der Waals surface area contributed by atoms with Gasteiger partial charge in [0.2, 0.25) is 0 Å². The highest BCUT2D eigenvalue weighted by atomic mass is 16.5. The first-order valence-corrected chi connectivity index (χ1v) is 7.40. The molecule has 0 fully saturated rings. The normalized spacial score (nSPS) is 11.6. The second-order valence-corrected chi connectivity index (χ2v) is 5.12. The second kappa shape index (κ2) is 8.00.